The molecule has 1 unspecified atom stereocenters. The van der Waals surface area contributed by atoms with Gasteiger partial charge in [-0.2, -0.15) is 4.99 Å². The van der Waals surface area contributed by atoms with Crippen molar-refractivity contribution in [1.82, 2.24) is 9.80 Å². The van der Waals surface area contributed by atoms with E-state index in [2.05, 4.69) is 4.99 Å². The highest BCUT2D eigenvalue weighted by Crippen LogP contribution is 2.18. The normalized spacial score (nSPS) is 11.5. The molecule has 0 aliphatic heterocycles. The summed E-state index contributed by atoms with van der Waals surface area (Å²) in [6.45, 7) is -2.44. The number of carbonyl (C=O) groups is 4. The molecule has 30 heavy (non-hydrogen) atoms. The van der Waals surface area contributed by atoms with Crippen LogP contribution in [0.1, 0.15) is 11.8 Å². The van der Waals surface area contributed by atoms with Gasteiger partial charge in [-0.05, 0) is 0 Å². The van der Waals surface area contributed by atoms with E-state index in [0.29, 0.717) is 5.56 Å². The van der Waals surface area contributed by atoms with Gasteiger partial charge >= 0.3 is 23.9 Å². The second-order valence-corrected chi connectivity index (χ2v) is 6.08. The third kappa shape index (κ3) is 10.1. The van der Waals surface area contributed by atoms with Crippen LogP contribution in [0.5, 0.6) is 0 Å². The third-order valence-corrected chi connectivity index (χ3v) is 3.66. The highest BCUT2D eigenvalue weighted by atomic mass is 16.6. The Hall–Kier alpha value is -3.60. The second-order valence-electron chi connectivity index (χ2n) is 6.08. The number of carbonyl (C=O) groups excluding carboxylic acids is 2. The largest absolute Gasteiger partial charge is 0.480 e. The van der Waals surface area contributed by atoms with E-state index in [4.69, 9.17) is 20.1 Å². The molecule has 0 saturated carbocycles. The van der Waals surface area contributed by atoms with Crippen molar-refractivity contribution in [2.24, 2.45) is 4.99 Å². The fourth-order valence-electron chi connectivity index (χ4n) is 2.46. The van der Waals surface area contributed by atoms with E-state index in [-0.39, 0.29) is 13.1 Å². The van der Waals surface area contributed by atoms with E-state index >= 15 is 0 Å². The highest BCUT2D eigenvalue weighted by molar-refractivity contribution is 5.74. The fraction of sp³-hybridized carbons (Fsp3) is 0.389. The summed E-state index contributed by atoms with van der Waals surface area (Å²) in [5.41, 5.74) is 0.410. The smallest absolute Gasteiger partial charge is 0.322 e. The lowest BCUT2D eigenvalue weighted by Gasteiger charge is -2.24. The second kappa shape index (κ2) is 12.8. The summed E-state index contributed by atoms with van der Waals surface area (Å²) in [4.78, 5) is 61.3. The van der Waals surface area contributed by atoms with E-state index < -0.39 is 56.3 Å². The molecule has 0 amide bonds. The lowest BCUT2D eigenvalue weighted by atomic mass is 10.2. The molecular formula is C18H21N3O9. The molecule has 3 N–H and O–H groups in total. The maximum atomic E-state index is 12.2. The van der Waals surface area contributed by atoms with Gasteiger partial charge in [0.1, 0.15) is 0 Å². The maximum absolute atomic E-state index is 12.2. The van der Waals surface area contributed by atoms with Gasteiger partial charge in [0.2, 0.25) is 12.3 Å². The van der Waals surface area contributed by atoms with Gasteiger partial charge in [0.15, 0.2) is 0 Å². The first-order valence-electron chi connectivity index (χ1n) is 8.62. The minimum Gasteiger partial charge on any atom is -0.480 e. The summed E-state index contributed by atoms with van der Waals surface area (Å²) < 4.78 is 5.12. The quantitative estimate of drug-likeness (QED) is 0.198. The van der Waals surface area contributed by atoms with E-state index in [1.54, 1.807) is 30.3 Å². The Kier molecular flexibility index (Phi) is 10.4. The fourth-order valence-corrected chi connectivity index (χ4v) is 2.46. The number of aliphatic imine (C=N–C) groups is 1. The molecule has 12 nitrogen and oxygen atoms in total. The van der Waals surface area contributed by atoms with Gasteiger partial charge in [-0.15, -0.1) is 0 Å². The molecule has 0 fully saturated rings. The molecule has 162 valence electrons. The number of hydrogen-bond donors (Lipinski definition) is 3. The van der Waals surface area contributed by atoms with Crippen LogP contribution in [-0.2, 0) is 28.7 Å². The number of hydrogen-bond acceptors (Lipinski definition) is 9. The summed E-state index contributed by atoms with van der Waals surface area (Å²) >= 11 is 0. The zero-order valence-electron chi connectivity index (χ0n) is 15.8. The Labute approximate surface area is 171 Å². The number of rotatable bonds is 14. The Morgan fingerprint density at radius 1 is 0.867 bits per heavy atom. The zero-order chi connectivity index (χ0) is 22.5. The monoisotopic (exact) mass is 423 g/mol. The van der Waals surface area contributed by atoms with Gasteiger partial charge in [-0.25, -0.2) is 4.79 Å². The number of isocyanates is 1. The Bertz CT molecular complexity index is 777. The van der Waals surface area contributed by atoms with Crippen LogP contribution in [0.25, 0.3) is 0 Å². The van der Waals surface area contributed by atoms with Crippen LogP contribution < -0.4 is 0 Å². The summed E-state index contributed by atoms with van der Waals surface area (Å²) in [7, 11) is 0. The number of benzene rings is 1. The Morgan fingerprint density at radius 3 is 1.77 bits per heavy atom. The van der Waals surface area contributed by atoms with Crippen LogP contribution in [0.4, 0.5) is 0 Å². The van der Waals surface area contributed by atoms with Crippen molar-refractivity contribution in [2.75, 3.05) is 39.3 Å². The molecule has 0 bridgehead atoms. The molecule has 1 aromatic carbocycles. The topological polar surface area (TPSA) is 174 Å². The molecule has 1 aromatic rings. The van der Waals surface area contributed by atoms with Crippen LogP contribution in [0.3, 0.4) is 0 Å². The number of esters is 1. The van der Waals surface area contributed by atoms with Gasteiger partial charge in [0.25, 0.3) is 0 Å². The van der Waals surface area contributed by atoms with Crippen LogP contribution in [0.15, 0.2) is 35.3 Å². The minimum absolute atomic E-state index is 0.116. The van der Waals surface area contributed by atoms with Gasteiger partial charge < -0.3 is 20.1 Å². The average Bonchev–Trinajstić information content (AvgIpc) is 2.65. The molecular weight excluding hydrogens is 402 g/mol. The molecule has 0 radical (unpaired) electrons. The molecule has 0 aromatic heterocycles. The van der Waals surface area contributed by atoms with Gasteiger partial charge in [-0.3, -0.25) is 29.0 Å². The number of aliphatic carboxylic acids is 3. The molecule has 0 heterocycles. The molecule has 0 aliphatic carbocycles. The van der Waals surface area contributed by atoms with Crippen LogP contribution in [0, 0.1) is 0 Å². The van der Waals surface area contributed by atoms with Crippen molar-refractivity contribution >= 4 is 30.0 Å². The minimum atomic E-state index is -1.25. The van der Waals surface area contributed by atoms with Crippen molar-refractivity contribution in [3.8, 4) is 0 Å². The third-order valence-electron chi connectivity index (χ3n) is 3.66. The first-order chi connectivity index (χ1) is 14.2. The SMILES string of the molecule is O=C=NC(OC(=O)CN(CCN(CC(=O)O)CC(=O)O)CC(=O)O)c1ccccc1. The Morgan fingerprint density at radius 2 is 1.33 bits per heavy atom. The van der Waals surface area contributed by atoms with Crippen LogP contribution in [-0.4, -0.2) is 94.3 Å². The molecule has 0 spiro atoms. The lowest BCUT2D eigenvalue weighted by molar-refractivity contribution is -0.152. The first kappa shape index (κ1) is 24.4. The highest BCUT2D eigenvalue weighted by Gasteiger charge is 2.21. The van der Waals surface area contributed by atoms with Crippen molar-refractivity contribution in [1.29, 1.82) is 0 Å². The lowest BCUT2D eigenvalue weighted by Crippen LogP contribution is -2.43. The first-order valence-corrected chi connectivity index (χ1v) is 8.62. The van der Waals surface area contributed by atoms with E-state index in [0.717, 1.165) is 9.80 Å². The van der Waals surface area contributed by atoms with Gasteiger partial charge in [0.05, 0.1) is 26.2 Å². The molecule has 0 saturated heterocycles. The molecule has 0 aliphatic rings. The molecule has 12 heteroatoms. The number of nitrogens with zero attached hydrogens (tertiary/aromatic N) is 3. The summed E-state index contributed by atoms with van der Waals surface area (Å²) in [5, 5.41) is 26.7. The van der Waals surface area contributed by atoms with Crippen LogP contribution in [0.2, 0.25) is 0 Å². The van der Waals surface area contributed by atoms with Crippen LogP contribution >= 0.6 is 0 Å². The molecule has 1 atom stereocenters. The predicted molar refractivity (Wildman–Crippen MR) is 99.2 cm³/mol. The van der Waals surface area contributed by atoms with Crippen molar-refractivity contribution in [3.05, 3.63) is 35.9 Å². The zero-order valence-corrected chi connectivity index (χ0v) is 15.8. The standard InChI is InChI=1S/C18H21N3O9/c22-12-19-18(13-4-2-1-3-5-13)30-17(29)11-21(10-16(27)28)7-6-20(8-14(23)24)9-15(25)26/h1-5,18H,6-11H2,(H,23,24)(H,25,26)(H,27,28). The average molecular weight is 423 g/mol. The maximum Gasteiger partial charge on any atom is 0.322 e. The van der Waals surface area contributed by atoms with E-state index in [1.165, 1.54) is 6.08 Å². The summed E-state index contributed by atoms with van der Waals surface area (Å²) in [6, 6.07) is 8.15. The van der Waals surface area contributed by atoms with Crippen molar-refractivity contribution < 1.29 is 44.0 Å². The van der Waals surface area contributed by atoms with Gasteiger partial charge in [-0.1, -0.05) is 30.3 Å². The summed E-state index contributed by atoms with van der Waals surface area (Å²) in [6.07, 6.45) is 0.0543. The van der Waals surface area contributed by atoms with Crippen molar-refractivity contribution in [2.45, 2.75) is 6.23 Å². The number of carboxylic acids is 3. The summed E-state index contributed by atoms with van der Waals surface area (Å²) in [5.74, 6) is -4.64. The van der Waals surface area contributed by atoms with Gasteiger partial charge in [0, 0.05) is 18.7 Å². The number of carboxylic acid groups (broad SMARTS) is 3. The van der Waals surface area contributed by atoms with E-state index in [1.807, 2.05) is 0 Å². The predicted octanol–water partition coefficient (Wildman–Crippen LogP) is -0.578. The number of ether oxygens (including phenoxy) is 1. The Balaban J connectivity index is 2.78. The molecule has 1 rings (SSSR count). The van der Waals surface area contributed by atoms with Crippen molar-refractivity contribution in [3.63, 3.8) is 0 Å². The van der Waals surface area contributed by atoms with E-state index in [9.17, 15) is 24.0 Å².